The van der Waals surface area contributed by atoms with Crippen LogP contribution in [0, 0.1) is 0 Å². The van der Waals surface area contributed by atoms with Crippen molar-refractivity contribution in [2.75, 3.05) is 4.90 Å². The molecule has 0 aliphatic heterocycles. The lowest BCUT2D eigenvalue weighted by atomic mass is 9.82. The van der Waals surface area contributed by atoms with Gasteiger partial charge in [-0.2, -0.15) is 0 Å². The quantitative estimate of drug-likeness (QED) is 0.146. The molecule has 0 unspecified atom stereocenters. The number of pyridine rings is 1. The standard InChI is InChI=1S/C61H44N2/c1-61(2)54-28-16-14-25-50(54)51-39-38-48(40-55(51)61)62(46-34-30-42(31-35-46)41-18-6-3-7-19-41)47-36-32-44(33-37-47)58-57(43-20-8-4-9-21-43)59(45-22-10-5-11-23-45)63-56-29-17-15-26-52(56)49-24-12-13-27-53(49)60(58)63/h3-40H,1-2H3. The molecule has 1 aliphatic carbocycles. The largest absolute Gasteiger partial charge is 0.310 e. The highest BCUT2D eigenvalue weighted by atomic mass is 15.1. The van der Waals surface area contributed by atoms with Gasteiger partial charge in [0.15, 0.2) is 0 Å². The van der Waals surface area contributed by atoms with Crippen LogP contribution in [0.15, 0.2) is 231 Å². The highest BCUT2D eigenvalue weighted by molar-refractivity contribution is 6.20. The van der Waals surface area contributed by atoms with Crippen LogP contribution in [-0.4, -0.2) is 4.40 Å². The van der Waals surface area contributed by atoms with Gasteiger partial charge in [0.2, 0.25) is 0 Å². The predicted molar refractivity (Wildman–Crippen MR) is 266 cm³/mol. The normalized spacial score (nSPS) is 12.7. The Morgan fingerprint density at radius 1 is 0.349 bits per heavy atom. The van der Waals surface area contributed by atoms with E-state index in [0.29, 0.717) is 0 Å². The Kier molecular flexibility index (Phi) is 8.55. The van der Waals surface area contributed by atoms with E-state index in [0.717, 1.165) is 17.1 Å². The van der Waals surface area contributed by atoms with Crippen molar-refractivity contribution in [2.24, 2.45) is 0 Å². The van der Waals surface area contributed by atoms with E-state index in [9.17, 15) is 0 Å². The van der Waals surface area contributed by atoms with E-state index in [1.165, 1.54) is 94.1 Å². The van der Waals surface area contributed by atoms with Crippen LogP contribution in [0.2, 0.25) is 0 Å². The molecular weight excluding hydrogens is 761 g/mol. The third kappa shape index (κ3) is 5.86. The predicted octanol–water partition coefficient (Wildman–Crippen LogP) is 16.7. The van der Waals surface area contributed by atoms with Crippen molar-refractivity contribution in [2.45, 2.75) is 19.3 Å². The molecule has 2 heterocycles. The first kappa shape index (κ1) is 36.9. The summed E-state index contributed by atoms with van der Waals surface area (Å²) in [5, 5.41) is 3.72. The van der Waals surface area contributed by atoms with Crippen molar-refractivity contribution in [3.8, 4) is 55.8 Å². The number of fused-ring (bicyclic) bond motifs is 9. The summed E-state index contributed by atoms with van der Waals surface area (Å²) < 4.78 is 2.53. The maximum Gasteiger partial charge on any atom is 0.0626 e. The molecule has 63 heavy (non-hydrogen) atoms. The summed E-state index contributed by atoms with van der Waals surface area (Å²) in [7, 11) is 0. The molecule has 12 rings (SSSR count). The first-order valence-corrected chi connectivity index (χ1v) is 21.9. The zero-order valence-corrected chi connectivity index (χ0v) is 35.3. The lowest BCUT2D eigenvalue weighted by Gasteiger charge is -2.28. The van der Waals surface area contributed by atoms with Gasteiger partial charge in [-0.25, -0.2) is 0 Å². The van der Waals surface area contributed by atoms with Gasteiger partial charge in [-0.05, 0) is 97.9 Å². The lowest BCUT2D eigenvalue weighted by Crippen LogP contribution is -2.16. The van der Waals surface area contributed by atoms with Gasteiger partial charge in [0, 0.05) is 44.4 Å². The van der Waals surface area contributed by atoms with Crippen LogP contribution >= 0.6 is 0 Å². The fourth-order valence-electron chi connectivity index (χ4n) is 10.4. The zero-order valence-electron chi connectivity index (χ0n) is 35.3. The molecule has 0 saturated carbocycles. The number of hydrogen-bond donors (Lipinski definition) is 0. The molecule has 0 fully saturated rings. The topological polar surface area (TPSA) is 7.65 Å². The van der Waals surface area contributed by atoms with Crippen LogP contribution in [-0.2, 0) is 5.41 Å². The van der Waals surface area contributed by atoms with Crippen LogP contribution in [0.25, 0.3) is 83.0 Å². The summed E-state index contributed by atoms with van der Waals surface area (Å²) in [5.74, 6) is 0. The van der Waals surface area contributed by atoms with Crippen molar-refractivity contribution in [3.63, 3.8) is 0 Å². The van der Waals surface area contributed by atoms with Gasteiger partial charge in [-0.3, -0.25) is 0 Å². The summed E-state index contributed by atoms with van der Waals surface area (Å²) in [6.07, 6.45) is 0. The van der Waals surface area contributed by atoms with E-state index < -0.39 is 0 Å². The molecule has 0 saturated heterocycles. The second-order valence-electron chi connectivity index (χ2n) is 17.3. The van der Waals surface area contributed by atoms with E-state index in [4.69, 9.17) is 0 Å². The Balaban J connectivity index is 1.09. The molecule has 11 aromatic rings. The minimum atomic E-state index is -0.123. The Labute approximate surface area is 368 Å². The maximum absolute atomic E-state index is 2.53. The minimum Gasteiger partial charge on any atom is -0.310 e. The third-order valence-electron chi connectivity index (χ3n) is 13.4. The van der Waals surface area contributed by atoms with E-state index in [1.807, 2.05) is 0 Å². The molecule has 0 atom stereocenters. The summed E-state index contributed by atoms with van der Waals surface area (Å²) in [6.45, 7) is 4.72. The zero-order chi connectivity index (χ0) is 42.1. The van der Waals surface area contributed by atoms with Gasteiger partial charge in [-0.1, -0.05) is 202 Å². The molecule has 298 valence electrons. The van der Waals surface area contributed by atoms with Gasteiger partial charge >= 0.3 is 0 Å². The van der Waals surface area contributed by atoms with Gasteiger partial charge in [0.1, 0.15) is 0 Å². The molecule has 2 aromatic heterocycles. The maximum atomic E-state index is 2.53. The molecule has 0 bridgehead atoms. The molecule has 1 aliphatic rings. The van der Waals surface area contributed by atoms with Crippen LogP contribution in [0.4, 0.5) is 17.1 Å². The molecule has 9 aromatic carbocycles. The summed E-state index contributed by atoms with van der Waals surface area (Å²) in [4.78, 5) is 2.42. The summed E-state index contributed by atoms with van der Waals surface area (Å²) >= 11 is 0. The monoisotopic (exact) mass is 804 g/mol. The van der Waals surface area contributed by atoms with E-state index in [1.54, 1.807) is 0 Å². The van der Waals surface area contributed by atoms with Crippen LogP contribution in [0.3, 0.4) is 0 Å². The molecule has 0 spiro atoms. The number of aromatic nitrogens is 1. The molecule has 0 amide bonds. The second-order valence-corrected chi connectivity index (χ2v) is 17.3. The van der Waals surface area contributed by atoms with Crippen LogP contribution < -0.4 is 4.90 Å². The van der Waals surface area contributed by atoms with Gasteiger partial charge < -0.3 is 9.30 Å². The van der Waals surface area contributed by atoms with Gasteiger partial charge in [0.05, 0.1) is 16.7 Å². The summed E-state index contributed by atoms with van der Waals surface area (Å²) in [6, 6.07) is 84.6. The first-order valence-electron chi connectivity index (χ1n) is 21.9. The molecule has 2 heteroatoms. The van der Waals surface area contributed by atoms with Crippen molar-refractivity contribution in [3.05, 3.63) is 242 Å². The average molecular weight is 805 g/mol. The van der Waals surface area contributed by atoms with Crippen molar-refractivity contribution in [1.29, 1.82) is 0 Å². The molecule has 0 radical (unpaired) electrons. The van der Waals surface area contributed by atoms with Crippen LogP contribution in [0.1, 0.15) is 25.0 Å². The van der Waals surface area contributed by atoms with E-state index in [-0.39, 0.29) is 5.41 Å². The Hall–Kier alpha value is -7.94. The van der Waals surface area contributed by atoms with Gasteiger partial charge in [0.25, 0.3) is 0 Å². The highest BCUT2D eigenvalue weighted by Crippen LogP contribution is 2.52. The smallest absolute Gasteiger partial charge is 0.0626 e. The van der Waals surface area contributed by atoms with E-state index in [2.05, 4.69) is 254 Å². The molecule has 2 nitrogen and oxygen atoms in total. The van der Waals surface area contributed by atoms with Crippen LogP contribution in [0.5, 0.6) is 0 Å². The highest BCUT2D eigenvalue weighted by Gasteiger charge is 2.36. The fourth-order valence-corrected chi connectivity index (χ4v) is 10.4. The SMILES string of the molecule is CC1(C)c2ccccc2-c2ccc(N(c3ccc(-c4ccccc4)cc3)c3ccc(-c4c(-c5ccccc5)c(-c5ccccc5)n5c6ccccc6c6ccccc6c45)cc3)cc21. The summed E-state index contributed by atoms with van der Waals surface area (Å²) in [5.41, 5.74) is 20.6. The number of rotatable bonds is 7. The second kappa shape index (κ2) is 14.6. The number of para-hydroxylation sites is 1. The van der Waals surface area contributed by atoms with Crippen molar-refractivity contribution in [1.82, 2.24) is 4.40 Å². The number of hydrogen-bond acceptors (Lipinski definition) is 1. The van der Waals surface area contributed by atoms with Crippen molar-refractivity contribution < 1.29 is 0 Å². The van der Waals surface area contributed by atoms with Crippen molar-refractivity contribution >= 4 is 44.3 Å². The Morgan fingerprint density at radius 3 is 1.51 bits per heavy atom. The first-order chi connectivity index (χ1) is 31.0. The fraction of sp³-hybridized carbons (Fsp3) is 0.0492. The average Bonchev–Trinajstić information content (AvgIpc) is 3.83. The number of benzene rings is 9. The molecule has 0 N–H and O–H groups in total. The number of nitrogens with zero attached hydrogens (tertiary/aromatic N) is 2. The lowest BCUT2D eigenvalue weighted by molar-refractivity contribution is 0.660. The Morgan fingerprint density at radius 2 is 0.825 bits per heavy atom. The Bertz CT molecular complexity index is 3490. The third-order valence-corrected chi connectivity index (χ3v) is 13.4. The van der Waals surface area contributed by atoms with Gasteiger partial charge in [-0.15, -0.1) is 0 Å². The van der Waals surface area contributed by atoms with E-state index >= 15 is 0 Å². The number of anilines is 3. The minimum absolute atomic E-state index is 0.123. The molecular formula is C61H44N2.